The summed E-state index contributed by atoms with van der Waals surface area (Å²) in [6.07, 6.45) is 5.27. The van der Waals surface area contributed by atoms with E-state index in [0.29, 0.717) is 0 Å². The van der Waals surface area contributed by atoms with Crippen LogP contribution in [0.25, 0.3) is 0 Å². The molecule has 0 atom stereocenters. The molecule has 0 aromatic heterocycles. The molecule has 0 saturated heterocycles. The van der Waals surface area contributed by atoms with Gasteiger partial charge in [-0.15, -0.1) is 0 Å². The van der Waals surface area contributed by atoms with E-state index in [1.54, 1.807) is 0 Å². The molecule has 0 fully saturated rings. The number of allylic oxidation sites excluding steroid dienone is 1. The number of hydrogen-bond acceptors (Lipinski definition) is 1. The number of hydrogen-bond donors (Lipinski definition) is 1. The maximum absolute atomic E-state index is 3.36. The molecule has 0 aliphatic heterocycles. The third kappa shape index (κ3) is 4.64. The summed E-state index contributed by atoms with van der Waals surface area (Å²) in [5.74, 6) is 0. The highest BCUT2D eigenvalue weighted by Crippen LogP contribution is 2.17. The average Bonchev–Trinajstić information content (AvgIpc) is 2.13. The Morgan fingerprint density at radius 2 is 1.59 bits per heavy atom. The summed E-state index contributed by atoms with van der Waals surface area (Å²) in [6.45, 7) is 13.0. The predicted octanol–water partition coefficient (Wildman–Crippen LogP) is 4.06. The largest absolute Gasteiger partial charge is 0.387 e. The second kappa shape index (κ2) is 5.39. The van der Waals surface area contributed by atoms with Gasteiger partial charge in [-0.25, -0.2) is 0 Å². The Labute approximate surface area is 106 Å². The Bertz CT molecular complexity index is 385. The lowest BCUT2D eigenvalue weighted by Gasteiger charge is -2.18. The van der Waals surface area contributed by atoms with Gasteiger partial charge in [-0.3, -0.25) is 0 Å². The van der Waals surface area contributed by atoms with E-state index in [1.807, 2.05) is 0 Å². The van der Waals surface area contributed by atoms with Crippen molar-refractivity contribution in [2.75, 3.05) is 0 Å². The highest BCUT2D eigenvalue weighted by atomic mass is 14.9. The fourth-order valence-electron chi connectivity index (χ4n) is 2.02. The van der Waals surface area contributed by atoms with Crippen molar-refractivity contribution in [1.29, 1.82) is 0 Å². The Morgan fingerprint density at radius 3 is 2.06 bits per heavy atom. The van der Waals surface area contributed by atoms with Gasteiger partial charge in [0.05, 0.1) is 0 Å². The second-order valence-corrected chi connectivity index (χ2v) is 5.88. The van der Waals surface area contributed by atoms with Gasteiger partial charge >= 0.3 is 0 Å². The molecule has 0 radical (unpaired) electrons. The van der Waals surface area contributed by atoms with E-state index in [-0.39, 0.29) is 5.54 Å². The van der Waals surface area contributed by atoms with Crippen LogP contribution in [0.15, 0.2) is 24.4 Å². The highest BCUT2D eigenvalue weighted by Gasteiger charge is 2.05. The van der Waals surface area contributed by atoms with Crippen molar-refractivity contribution >= 4 is 0 Å². The van der Waals surface area contributed by atoms with Crippen LogP contribution in [0.4, 0.5) is 0 Å². The standard InChI is InChI=1S/C16H25N/c1-12-10-13(2)15(14(3)11-12)8-7-9-17-16(4,5)6/h7,9-11,17H,8H2,1-6H3/b9-7+. The summed E-state index contributed by atoms with van der Waals surface area (Å²) in [5.41, 5.74) is 5.72. The van der Waals surface area contributed by atoms with Crippen LogP contribution in [0, 0.1) is 20.8 Å². The number of benzene rings is 1. The molecule has 0 aliphatic rings. The second-order valence-electron chi connectivity index (χ2n) is 5.88. The van der Waals surface area contributed by atoms with Gasteiger partial charge in [0.25, 0.3) is 0 Å². The van der Waals surface area contributed by atoms with Crippen molar-refractivity contribution < 1.29 is 0 Å². The molecule has 1 N–H and O–H groups in total. The van der Waals surface area contributed by atoms with Gasteiger partial charge in [-0.05, 0) is 70.9 Å². The van der Waals surface area contributed by atoms with Crippen molar-refractivity contribution in [3.05, 3.63) is 46.7 Å². The highest BCUT2D eigenvalue weighted by molar-refractivity contribution is 5.38. The Morgan fingerprint density at radius 1 is 1.06 bits per heavy atom. The summed E-state index contributed by atoms with van der Waals surface area (Å²) >= 11 is 0. The molecule has 0 bridgehead atoms. The van der Waals surface area contributed by atoms with Crippen LogP contribution in [0.1, 0.15) is 43.0 Å². The third-order valence-corrected chi connectivity index (χ3v) is 2.80. The third-order valence-electron chi connectivity index (χ3n) is 2.80. The van der Waals surface area contributed by atoms with E-state index in [0.717, 1.165) is 6.42 Å². The lowest BCUT2D eigenvalue weighted by Crippen LogP contribution is -2.30. The van der Waals surface area contributed by atoms with Gasteiger partial charge in [0.1, 0.15) is 0 Å². The molecule has 94 valence electrons. The van der Waals surface area contributed by atoms with Gasteiger partial charge in [0.15, 0.2) is 0 Å². The number of nitrogens with one attached hydrogen (secondary N) is 1. The molecule has 0 spiro atoms. The molecule has 17 heavy (non-hydrogen) atoms. The van der Waals surface area contributed by atoms with Crippen LogP contribution in [-0.4, -0.2) is 5.54 Å². The smallest absolute Gasteiger partial charge is 0.0283 e. The van der Waals surface area contributed by atoms with Crippen molar-refractivity contribution in [3.8, 4) is 0 Å². The van der Waals surface area contributed by atoms with E-state index in [2.05, 4.69) is 71.3 Å². The topological polar surface area (TPSA) is 12.0 Å². The Kier molecular flexibility index (Phi) is 4.39. The molecule has 0 heterocycles. The van der Waals surface area contributed by atoms with Crippen LogP contribution >= 0.6 is 0 Å². The fourth-order valence-corrected chi connectivity index (χ4v) is 2.02. The summed E-state index contributed by atoms with van der Waals surface area (Å²) in [7, 11) is 0. The zero-order chi connectivity index (χ0) is 13.1. The van der Waals surface area contributed by atoms with Crippen LogP contribution in [0.5, 0.6) is 0 Å². The first-order chi connectivity index (χ1) is 7.79. The minimum atomic E-state index is 0.147. The molecular formula is C16H25N. The first-order valence-corrected chi connectivity index (χ1v) is 6.29. The molecule has 1 aromatic rings. The van der Waals surface area contributed by atoms with E-state index >= 15 is 0 Å². The molecular weight excluding hydrogens is 206 g/mol. The van der Waals surface area contributed by atoms with Gasteiger partial charge in [-0.1, -0.05) is 23.8 Å². The molecule has 0 amide bonds. The van der Waals surface area contributed by atoms with Crippen LogP contribution < -0.4 is 5.32 Å². The summed E-state index contributed by atoms with van der Waals surface area (Å²) < 4.78 is 0. The zero-order valence-corrected chi connectivity index (χ0v) is 12.0. The molecule has 1 nitrogen and oxygen atoms in total. The van der Waals surface area contributed by atoms with E-state index in [9.17, 15) is 0 Å². The maximum atomic E-state index is 3.36. The summed E-state index contributed by atoms with van der Waals surface area (Å²) in [4.78, 5) is 0. The van der Waals surface area contributed by atoms with Crippen molar-refractivity contribution in [2.45, 2.75) is 53.5 Å². The number of aryl methyl sites for hydroxylation is 3. The minimum Gasteiger partial charge on any atom is -0.387 e. The number of rotatable bonds is 3. The van der Waals surface area contributed by atoms with Crippen molar-refractivity contribution in [3.63, 3.8) is 0 Å². The Hall–Kier alpha value is -1.24. The Balaban J connectivity index is 2.70. The quantitative estimate of drug-likeness (QED) is 0.827. The lowest BCUT2D eigenvalue weighted by atomic mass is 9.97. The molecule has 0 saturated carbocycles. The van der Waals surface area contributed by atoms with Crippen LogP contribution in [0.3, 0.4) is 0 Å². The summed E-state index contributed by atoms with van der Waals surface area (Å²) in [6, 6.07) is 4.51. The minimum absolute atomic E-state index is 0.147. The van der Waals surface area contributed by atoms with Gasteiger partial charge in [0, 0.05) is 5.54 Å². The molecule has 1 heteroatoms. The molecule has 0 aliphatic carbocycles. The molecule has 0 unspecified atom stereocenters. The SMILES string of the molecule is Cc1cc(C)c(C/C=C/NC(C)(C)C)c(C)c1. The van der Waals surface area contributed by atoms with Crippen molar-refractivity contribution in [2.24, 2.45) is 0 Å². The van der Waals surface area contributed by atoms with Gasteiger partial charge in [0.2, 0.25) is 0 Å². The van der Waals surface area contributed by atoms with Gasteiger partial charge < -0.3 is 5.32 Å². The van der Waals surface area contributed by atoms with Crippen LogP contribution in [0.2, 0.25) is 0 Å². The molecule has 1 aromatic carbocycles. The normalized spacial score (nSPS) is 12.1. The van der Waals surface area contributed by atoms with E-state index < -0.39 is 0 Å². The first kappa shape index (κ1) is 13.8. The lowest BCUT2D eigenvalue weighted by molar-refractivity contribution is 0.490. The van der Waals surface area contributed by atoms with E-state index in [4.69, 9.17) is 0 Å². The maximum Gasteiger partial charge on any atom is 0.0283 e. The predicted molar refractivity (Wildman–Crippen MR) is 76.4 cm³/mol. The average molecular weight is 231 g/mol. The van der Waals surface area contributed by atoms with Crippen LogP contribution in [-0.2, 0) is 6.42 Å². The van der Waals surface area contributed by atoms with Crippen molar-refractivity contribution in [1.82, 2.24) is 5.32 Å². The van der Waals surface area contributed by atoms with Gasteiger partial charge in [-0.2, -0.15) is 0 Å². The monoisotopic (exact) mass is 231 g/mol. The summed E-state index contributed by atoms with van der Waals surface area (Å²) in [5, 5.41) is 3.36. The first-order valence-electron chi connectivity index (χ1n) is 6.29. The zero-order valence-electron chi connectivity index (χ0n) is 12.0. The van der Waals surface area contributed by atoms with E-state index in [1.165, 1.54) is 22.3 Å². The fraction of sp³-hybridized carbons (Fsp3) is 0.500. The molecule has 1 rings (SSSR count).